The number of hydrogen-bond donors (Lipinski definition) is 1. The summed E-state index contributed by atoms with van der Waals surface area (Å²) in [6.45, 7) is -0.208. The Morgan fingerprint density at radius 2 is 1.56 bits per heavy atom. The number of nitrogens with one attached hydrogen (secondary N) is 1. The van der Waals surface area contributed by atoms with Gasteiger partial charge in [0.15, 0.2) is 18.1 Å². The highest BCUT2D eigenvalue weighted by atomic mass is 16.5. The monoisotopic (exact) mass is 454 g/mol. The molecule has 0 aromatic heterocycles. The third-order valence-electron chi connectivity index (χ3n) is 4.93. The van der Waals surface area contributed by atoms with Crippen molar-refractivity contribution < 1.29 is 23.8 Å². The van der Waals surface area contributed by atoms with Crippen molar-refractivity contribution in [2.24, 2.45) is 5.10 Å². The predicted octanol–water partition coefficient (Wildman–Crippen LogP) is 4.60. The fourth-order valence-corrected chi connectivity index (χ4v) is 3.28. The van der Waals surface area contributed by atoms with Crippen molar-refractivity contribution in [2.45, 2.75) is 0 Å². The van der Waals surface area contributed by atoms with Crippen LogP contribution < -0.4 is 19.6 Å². The number of hydrogen-bond acceptors (Lipinski definition) is 6. The van der Waals surface area contributed by atoms with Crippen molar-refractivity contribution in [1.29, 1.82) is 0 Å². The van der Waals surface area contributed by atoms with Crippen LogP contribution in [0.15, 0.2) is 96.1 Å². The highest BCUT2D eigenvalue weighted by molar-refractivity contribution is 6.05. The van der Waals surface area contributed by atoms with E-state index in [0.717, 1.165) is 16.3 Å². The number of esters is 1. The molecule has 0 atom stereocenters. The lowest BCUT2D eigenvalue weighted by molar-refractivity contribution is -0.123. The maximum Gasteiger partial charge on any atom is 0.344 e. The van der Waals surface area contributed by atoms with Crippen LogP contribution in [0.5, 0.6) is 17.2 Å². The fraction of sp³-hybridized carbons (Fsp3) is 0.0741. The van der Waals surface area contributed by atoms with Gasteiger partial charge in [-0.15, -0.1) is 0 Å². The van der Waals surface area contributed by atoms with E-state index in [0.29, 0.717) is 22.8 Å². The second-order valence-electron chi connectivity index (χ2n) is 7.22. The highest BCUT2D eigenvalue weighted by Crippen LogP contribution is 2.25. The Labute approximate surface area is 196 Å². The lowest BCUT2D eigenvalue weighted by Crippen LogP contribution is -2.24. The number of carbonyl (C=O) groups is 2. The molecule has 0 heterocycles. The summed E-state index contributed by atoms with van der Waals surface area (Å²) in [5.74, 6) is 0.574. The van der Waals surface area contributed by atoms with Crippen LogP contribution in [0.1, 0.15) is 15.9 Å². The van der Waals surface area contributed by atoms with Crippen LogP contribution in [0.25, 0.3) is 10.8 Å². The average molecular weight is 454 g/mol. The number of hydrazone groups is 1. The van der Waals surface area contributed by atoms with Crippen LogP contribution in [0.4, 0.5) is 0 Å². The molecule has 0 spiro atoms. The third kappa shape index (κ3) is 5.58. The second-order valence-corrected chi connectivity index (χ2v) is 7.22. The average Bonchev–Trinajstić information content (AvgIpc) is 2.88. The van der Waals surface area contributed by atoms with Gasteiger partial charge in [-0.3, -0.25) is 4.79 Å². The Kier molecular flexibility index (Phi) is 7.15. The standard InChI is InChI=1S/C27H22N2O5/c1-32-24-11-4-5-12-25(24)33-18-26(30)29-28-17-19-13-15-21(16-14-19)34-27(31)23-10-6-8-20-7-2-3-9-22(20)23/h2-17H,18H2,1H3,(H,29,30)/b28-17-. The first kappa shape index (κ1) is 22.5. The van der Waals surface area contributed by atoms with Crippen molar-refractivity contribution in [3.63, 3.8) is 0 Å². The molecule has 4 aromatic rings. The van der Waals surface area contributed by atoms with Crippen LogP contribution in [0.2, 0.25) is 0 Å². The minimum absolute atomic E-state index is 0.208. The highest BCUT2D eigenvalue weighted by Gasteiger charge is 2.12. The quantitative estimate of drug-likeness (QED) is 0.182. The number of fused-ring (bicyclic) bond motifs is 1. The van der Waals surface area contributed by atoms with E-state index in [1.807, 2.05) is 42.5 Å². The summed E-state index contributed by atoms with van der Waals surface area (Å²) in [7, 11) is 1.53. The van der Waals surface area contributed by atoms with E-state index >= 15 is 0 Å². The minimum atomic E-state index is -0.430. The third-order valence-corrected chi connectivity index (χ3v) is 4.93. The second kappa shape index (κ2) is 10.8. The summed E-state index contributed by atoms with van der Waals surface area (Å²) >= 11 is 0. The lowest BCUT2D eigenvalue weighted by Gasteiger charge is -2.09. The molecule has 0 unspecified atom stereocenters. The zero-order valence-electron chi connectivity index (χ0n) is 18.4. The number of nitrogens with zero attached hydrogens (tertiary/aromatic N) is 1. The number of benzene rings is 4. The van der Waals surface area contributed by atoms with Gasteiger partial charge in [-0.05, 0) is 58.8 Å². The van der Waals surface area contributed by atoms with E-state index in [9.17, 15) is 9.59 Å². The summed E-state index contributed by atoms with van der Waals surface area (Å²) in [5.41, 5.74) is 3.62. The number of para-hydroxylation sites is 2. The van der Waals surface area contributed by atoms with E-state index in [4.69, 9.17) is 14.2 Å². The van der Waals surface area contributed by atoms with Crippen molar-refractivity contribution in [2.75, 3.05) is 13.7 Å². The van der Waals surface area contributed by atoms with Crippen LogP contribution in [0, 0.1) is 0 Å². The molecule has 0 bridgehead atoms. The van der Waals surface area contributed by atoms with Gasteiger partial charge in [-0.25, -0.2) is 10.2 Å². The summed E-state index contributed by atoms with van der Waals surface area (Å²) in [4.78, 5) is 24.6. The summed E-state index contributed by atoms with van der Waals surface area (Å²) in [6, 6.07) is 27.0. The molecule has 1 amide bonds. The first-order chi connectivity index (χ1) is 16.6. The Balaban J connectivity index is 1.30. The number of amides is 1. The van der Waals surface area contributed by atoms with Gasteiger partial charge in [0.05, 0.1) is 18.9 Å². The maximum absolute atomic E-state index is 12.6. The number of methoxy groups -OCH3 is 1. The lowest BCUT2D eigenvalue weighted by atomic mass is 10.0. The Morgan fingerprint density at radius 3 is 2.35 bits per heavy atom. The SMILES string of the molecule is COc1ccccc1OCC(=O)N/N=C\c1ccc(OC(=O)c2cccc3ccccc23)cc1. The fourth-order valence-electron chi connectivity index (χ4n) is 3.28. The molecular formula is C27H22N2O5. The maximum atomic E-state index is 12.6. The smallest absolute Gasteiger partial charge is 0.344 e. The zero-order valence-corrected chi connectivity index (χ0v) is 18.4. The predicted molar refractivity (Wildman–Crippen MR) is 130 cm³/mol. The van der Waals surface area contributed by atoms with Gasteiger partial charge < -0.3 is 14.2 Å². The van der Waals surface area contributed by atoms with E-state index < -0.39 is 11.9 Å². The molecule has 0 aliphatic heterocycles. The molecule has 0 fully saturated rings. The number of carbonyl (C=O) groups excluding carboxylic acids is 2. The van der Waals surface area contributed by atoms with Gasteiger partial charge in [0.25, 0.3) is 5.91 Å². The normalized spacial score (nSPS) is 10.7. The van der Waals surface area contributed by atoms with E-state index in [2.05, 4.69) is 10.5 Å². The van der Waals surface area contributed by atoms with E-state index in [1.165, 1.54) is 13.3 Å². The van der Waals surface area contributed by atoms with Crippen molar-refractivity contribution in [3.05, 3.63) is 102 Å². The van der Waals surface area contributed by atoms with Crippen LogP contribution in [-0.2, 0) is 4.79 Å². The van der Waals surface area contributed by atoms with Gasteiger partial charge in [-0.2, -0.15) is 5.10 Å². The zero-order chi connectivity index (χ0) is 23.8. The first-order valence-electron chi connectivity index (χ1n) is 10.5. The van der Waals surface area contributed by atoms with E-state index in [1.54, 1.807) is 48.5 Å². The summed E-state index contributed by atoms with van der Waals surface area (Å²) in [5, 5.41) is 5.73. The van der Waals surface area contributed by atoms with E-state index in [-0.39, 0.29) is 6.61 Å². The minimum Gasteiger partial charge on any atom is -0.493 e. The molecule has 0 saturated carbocycles. The number of ether oxygens (including phenoxy) is 3. The molecule has 4 rings (SSSR count). The van der Waals surface area contributed by atoms with Crippen molar-refractivity contribution >= 4 is 28.9 Å². The molecule has 0 aliphatic carbocycles. The van der Waals surface area contributed by atoms with Crippen LogP contribution in [0.3, 0.4) is 0 Å². The molecule has 7 heteroatoms. The molecule has 4 aromatic carbocycles. The molecule has 34 heavy (non-hydrogen) atoms. The molecule has 0 radical (unpaired) electrons. The molecule has 170 valence electrons. The van der Waals surface area contributed by atoms with Gasteiger partial charge >= 0.3 is 5.97 Å². The van der Waals surface area contributed by atoms with Crippen LogP contribution in [-0.4, -0.2) is 31.8 Å². The molecule has 1 N–H and O–H groups in total. The van der Waals surface area contributed by atoms with Crippen molar-refractivity contribution in [1.82, 2.24) is 5.43 Å². The molecule has 0 aliphatic rings. The Bertz CT molecular complexity index is 1330. The van der Waals surface area contributed by atoms with Gasteiger partial charge in [0, 0.05) is 0 Å². The topological polar surface area (TPSA) is 86.2 Å². The Morgan fingerprint density at radius 1 is 0.853 bits per heavy atom. The largest absolute Gasteiger partial charge is 0.493 e. The van der Waals surface area contributed by atoms with Gasteiger partial charge in [-0.1, -0.05) is 48.5 Å². The van der Waals surface area contributed by atoms with Crippen molar-refractivity contribution in [3.8, 4) is 17.2 Å². The number of rotatable bonds is 8. The summed E-state index contributed by atoms with van der Waals surface area (Å²) in [6.07, 6.45) is 1.48. The first-order valence-corrected chi connectivity index (χ1v) is 10.5. The van der Waals surface area contributed by atoms with Gasteiger partial charge in [0.2, 0.25) is 0 Å². The molecule has 7 nitrogen and oxygen atoms in total. The summed E-state index contributed by atoms with van der Waals surface area (Å²) < 4.78 is 16.1. The Hall–Kier alpha value is -4.65. The molecule has 0 saturated heterocycles. The molecular weight excluding hydrogens is 432 g/mol. The van der Waals surface area contributed by atoms with Gasteiger partial charge in [0.1, 0.15) is 5.75 Å². The van der Waals surface area contributed by atoms with Crippen LogP contribution >= 0.6 is 0 Å².